The van der Waals surface area contributed by atoms with Crippen LogP contribution in [0, 0.1) is 17.2 Å². The van der Waals surface area contributed by atoms with E-state index in [4.69, 9.17) is 0 Å². The Morgan fingerprint density at radius 2 is 2.17 bits per heavy atom. The molecule has 2 aliphatic heterocycles. The van der Waals surface area contributed by atoms with Crippen molar-refractivity contribution in [3.63, 3.8) is 0 Å². The van der Waals surface area contributed by atoms with E-state index in [9.17, 15) is 5.26 Å². The van der Waals surface area contributed by atoms with E-state index in [1.807, 2.05) is 11.3 Å². The molecular formula is C14H19N3S. The molecule has 0 radical (unpaired) electrons. The second-order valence-corrected chi connectivity index (χ2v) is 6.48. The van der Waals surface area contributed by atoms with Crippen molar-refractivity contribution in [2.75, 3.05) is 24.5 Å². The number of nitrogens with one attached hydrogen (secondary N) is 1. The van der Waals surface area contributed by atoms with Crippen LogP contribution in [-0.4, -0.2) is 19.6 Å². The summed E-state index contributed by atoms with van der Waals surface area (Å²) in [4.78, 5) is 3.81. The van der Waals surface area contributed by atoms with Crippen LogP contribution in [0.2, 0.25) is 0 Å². The van der Waals surface area contributed by atoms with Crippen LogP contribution in [-0.2, 0) is 13.0 Å². The van der Waals surface area contributed by atoms with Crippen molar-refractivity contribution in [3.8, 4) is 6.07 Å². The van der Waals surface area contributed by atoms with Gasteiger partial charge in [0, 0.05) is 24.5 Å². The van der Waals surface area contributed by atoms with Crippen molar-refractivity contribution in [3.05, 3.63) is 16.0 Å². The molecular weight excluding hydrogens is 242 g/mol. The topological polar surface area (TPSA) is 39.1 Å². The van der Waals surface area contributed by atoms with Gasteiger partial charge < -0.3 is 10.2 Å². The Bertz CT molecular complexity index is 478. The normalized spacial score (nSPS) is 20.6. The zero-order chi connectivity index (χ0) is 12.5. The zero-order valence-corrected chi connectivity index (χ0v) is 11.6. The monoisotopic (exact) mass is 261 g/mol. The fourth-order valence-corrected chi connectivity index (χ4v) is 4.19. The number of fused-ring (bicyclic) bond motifs is 1. The van der Waals surface area contributed by atoms with Gasteiger partial charge in [0.2, 0.25) is 0 Å². The summed E-state index contributed by atoms with van der Waals surface area (Å²) in [5.74, 6) is 0.836. The summed E-state index contributed by atoms with van der Waals surface area (Å²) in [7, 11) is 0. The SMILES string of the molecule is CC1CCN(c2sc3c(c2C#N)CCNC3)CC1. The van der Waals surface area contributed by atoms with Gasteiger partial charge in [-0.3, -0.25) is 0 Å². The number of thiophene rings is 1. The second-order valence-electron chi connectivity index (χ2n) is 5.39. The van der Waals surface area contributed by atoms with Gasteiger partial charge in [0.05, 0.1) is 5.56 Å². The smallest absolute Gasteiger partial charge is 0.110 e. The van der Waals surface area contributed by atoms with Crippen LogP contribution in [0.1, 0.15) is 35.8 Å². The number of nitriles is 1. The highest BCUT2D eigenvalue weighted by Crippen LogP contribution is 2.38. The van der Waals surface area contributed by atoms with Crippen LogP contribution in [0.25, 0.3) is 0 Å². The van der Waals surface area contributed by atoms with Crippen LogP contribution in [0.15, 0.2) is 0 Å². The fourth-order valence-electron chi connectivity index (χ4n) is 2.87. The van der Waals surface area contributed by atoms with Crippen molar-refractivity contribution in [2.24, 2.45) is 5.92 Å². The number of rotatable bonds is 1. The lowest BCUT2D eigenvalue weighted by molar-refractivity contribution is 0.439. The Balaban J connectivity index is 1.92. The van der Waals surface area contributed by atoms with Gasteiger partial charge >= 0.3 is 0 Å². The van der Waals surface area contributed by atoms with Crippen molar-refractivity contribution < 1.29 is 0 Å². The predicted octanol–water partition coefficient (Wildman–Crippen LogP) is 2.50. The summed E-state index contributed by atoms with van der Waals surface area (Å²) in [6, 6.07) is 2.45. The summed E-state index contributed by atoms with van der Waals surface area (Å²) >= 11 is 1.84. The molecule has 3 nitrogen and oxygen atoms in total. The molecule has 3 heterocycles. The molecule has 0 spiro atoms. The highest BCUT2D eigenvalue weighted by atomic mass is 32.1. The van der Waals surface area contributed by atoms with Gasteiger partial charge in [0.15, 0.2) is 0 Å². The van der Waals surface area contributed by atoms with Crippen LogP contribution >= 0.6 is 11.3 Å². The lowest BCUT2D eigenvalue weighted by Crippen LogP contribution is -2.32. The number of anilines is 1. The first-order valence-electron chi connectivity index (χ1n) is 6.80. The molecule has 1 aromatic rings. The highest BCUT2D eigenvalue weighted by Gasteiger charge is 2.25. The van der Waals surface area contributed by atoms with Crippen molar-refractivity contribution >= 4 is 16.3 Å². The number of hydrogen-bond donors (Lipinski definition) is 1. The Morgan fingerprint density at radius 3 is 2.89 bits per heavy atom. The molecule has 1 aromatic heterocycles. The largest absolute Gasteiger partial charge is 0.362 e. The Kier molecular flexibility index (Phi) is 3.27. The fraction of sp³-hybridized carbons (Fsp3) is 0.643. The van der Waals surface area contributed by atoms with E-state index in [2.05, 4.69) is 23.2 Å². The Hall–Kier alpha value is -1.05. The molecule has 4 heteroatoms. The van der Waals surface area contributed by atoms with E-state index >= 15 is 0 Å². The minimum absolute atomic E-state index is 0.836. The maximum Gasteiger partial charge on any atom is 0.110 e. The maximum atomic E-state index is 9.46. The summed E-state index contributed by atoms with van der Waals surface area (Å²) in [5.41, 5.74) is 2.28. The van der Waals surface area contributed by atoms with Crippen molar-refractivity contribution in [1.29, 1.82) is 5.26 Å². The van der Waals surface area contributed by atoms with Crippen LogP contribution in [0.4, 0.5) is 5.00 Å². The van der Waals surface area contributed by atoms with E-state index < -0.39 is 0 Å². The average Bonchev–Trinajstić information content (AvgIpc) is 2.78. The van der Waals surface area contributed by atoms with Gasteiger partial charge in [-0.15, -0.1) is 11.3 Å². The standard InChI is InChI=1S/C14H19N3S/c1-10-3-6-17(7-4-10)14-12(8-15)11-2-5-16-9-13(11)18-14/h10,16H,2-7,9H2,1H3. The number of piperidine rings is 1. The third-order valence-electron chi connectivity index (χ3n) is 4.09. The average molecular weight is 261 g/mol. The molecule has 1 N–H and O–H groups in total. The summed E-state index contributed by atoms with van der Waals surface area (Å²) in [6.45, 7) is 6.51. The van der Waals surface area contributed by atoms with Gasteiger partial charge in [0.25, 0.3) is 0 Å². The minimum Gasteiger partial charge on any atom is -0.362 e. The summed E-state index contributed by atoms with van der Waals surface area (Å²) < 4.78 is 0. The molecule has 1 saturated heterocycles. The first kappa shape index (κ1) is 12.0. The van der Waals surface area contributed by atoms with E-state index in [0.29, 0.717) is 0 Å². The molecule has 0 atom stereocenters. The van der Waals surface area contributed by atoms with Gasteiger partial charge in [-0.05, 0) is 37.3 Å². The quantitative estimate of drug-likeness (QED) is 0.844. The molecule has 0 aliphatic carbocycles. The zero-order valence-electron chi connectivity index (χ0n) is 10.8. The van der Waals surface area contributed by atoms with Gasteiger partial charge in [-0.25, -0.2) is 0 Å². The maximum absolute atomic E-state index is 9.46. The van der Waals surface area contributed by atoms with E-state index in [-0.39, 0.29) is 0 Å². The summed E-state index contributed by atoms with van der Waals surface area (Å²) in [6.07, 6.45) is 3.52. The Morgan fingerprint density at radius 1 is 1.39 bits per heavy atom. The molecule has 18 heavy (non-hydrogen) atoms. The van der Waals surface area contributed by atoms with Crippen LogP contribution in [0.3, 0.4) is 0 Å². The Labute approximate surface area is 112 Å². The van der Waals surface area contributed by atoms with Crippen molar-refractivity contribution in [2.45, 2.75) is 32.7 Å². The van der Waals surface area contributed by atoms with E-state index in [1.165, 1.54) is 28.3 Å². The molecule has 1 fully saturated rings. The lowest BCUT2D eigenvalue weighted by Gasteiger charge is -2.31. The van der Waals surface area contributed by atoms with E-state index in [1.54, 1.807) is 0 Å². The van der Waals surface area contributed by atoms with Crippen LogP contribution < -0.4 is 10.2 Å². The third kappa shape index (κ3) is 2.02. The van der Waals surface area contributed by atoms with Gasteiger partial charge in [-0.2, -0.15) is 5.26 Å². The van der Waals surface area contributed by atoms with Crippen molar-refractivity contribution in [1.82, 2.24) is 5.32 Å². The highest BCUT2D eigenvalue weighted by molar-refractivity contribution is 7.16. The van der Waals surface area contributed by atoms with Crippen LogP contribution in [0.5, 0.6) is 0 Å². The molecule has 0 aromatic carbocycles. The predicted molar refractivity (Wildman–Crippen MR) is 75.1 cm³/mol. The van der Waals surface area contributed by atoms with E-state index in [0.717, 1.165) is 44.1 Å². The third-order valence-corrected chi connectivity index (χ3v) is 5.38. The molecule has 0 amide bonds. The van der Waals surface area contributed by atoms with Gasteiger partial charge in [0.1, 0.15) is 11.1 Å². The molecule has 0 unspecified atom stereocenters. The molecule has 0 bridgehead atoms. The minimum atomic E-state index is 0.836. The molecule has 3 rings (SSSR count). The second kappa shape index (κ2) is 4.91. The molecule has 96 valence electrons. The molecule has 2 aliphatic rings. The molecule has 0 saturated carbocycles. The first-order chi connectivity index (χ1) is 8.79. The van der Waals surface area contributed by atoms with Gasteiger partial charge in [-0.1, -0.05) is 6.92 Å². The number of hydrogen-bond acceptors (Lipinski definition) is 4. The lowest BCUT2D eigenvalue weighted by atomic mass is 9.98. The number of nitrogens with zero attached hydrogens (tertiary/aromatic N) is 2. The summed E-state index contributed by atoms with van der Waals surface area (Å²) in [5, 5.41) is 14.1. The first-order valence-corrected chi connectivity index (χ1v) is 7.61.